The van der Waals surface area contributed by atoms with Crippen LogP contribution in [0.2, 0.25) is 0 Å². The maximum Gasteiger partial charge on any atom is 0.247 e. The number of hydrogen-bond donors (Lipinski definition) is 4. The Morgan fingerprint density at radius 2 is 1.96 bits per heavy atom. The zero-order valence-corrected chi connectivity index (χ0v) is 29.4. The van der Waals surface area contributed by atoms with E-state index in [0.717, 1.165) is 36.8 Å². The van der Waals surface area contributed by atoms with Crippen LogP contribution in [-0.4, -0.2) is 86.7 Å². The van der Waals surface area contributed by atoms with Gasteiger partial charge in [0.1, 0.15) is 19.2 Å². The van der Waals surface area contributed by atoms with Gasteiger partial charge in [-0.15, -0.1) is 11.6 Å². The van der Waals surface area contributed by atoms with Crippen molar-refractivity contribution in [2.45, 2.75) is 63.9 Å². The Kier molecular flexibility index (Phi) is 13.8. The quantitative estimate of drug-likeness (QED) is 0.0687. The zero-order valence-electron chi connectivity index (χ0n) is 27.7. The number of nitrogens with one attached hydrogen (secondary N) is 4. The summed E-state index contributed by atoms with van der Waals surface area (Å²) in [4.78, 5) is 16.8. The number of benzene rings is 2. The Bertz CT molecular complexity index is 1420. The van der Waals surface area contributed by atoms with Gasteiger partial charge in [0, 0.05) is 36.2 Å². The molecule has 2 aromatic rings. The van der Waals surface area contributed by atoms with E-state index >= 15 is 0 Å². The van der Waals surface area contributed by atoms with Gasteiger partial charge in [-0.05, 0) is 64.9 Å². The van der Waals surface area contributed by atoms with Crippen LogP contribution in [0.15, 0.2) is 49.1 Å². The van der Waals surface area contributed by atoms with Crippen molar-refractivity contribution in [2.75, 3.05) is 63.1 Å². The van der Waals surface area contributed by atoms with Gasteiger partial charge in [0.2, 0.25) is 5.91 Å². The van der Waals surface area contributed by atoms with Crippen LogP contribution in [-0.2, 0) is 9.36 Å². The highest BCUT2D eigenvalue weighted by molar-refractivity contribution is 7.70. The monoisotopic (exact) mass is 656 g/mol. The van der Waals surface area contributed by atoms with E-state index in [9.17, 15) is 9.36 Å². The molecule has 1 aliphatic heterocycles. The standard InChI is InChI=1S/C34H50ClN6O3P/c1-9-11-14-20-41-33(38-27-17-12-13-18-31(27)45(7,8)43)26(35)23-36-34(41)39-29-22-28(37-32(42)10-2)25(21-30(29)44-6)16-15-19-40(5)24(3)4/h10,12-13,17-18,21-22,24,26,33-34,36,38-39H,2,9,11,14,19-20,23H2,1,3-8H3,(H,37,42). The molecular formula is C34H50ClN6O3P. The number of nitrogens with zero attached hydrogens (tertiary/aromatic N) is 2. The summed E-state index contributed by atoms with van der Waals surface area (Å²) in [5.74, 6) is 6.68. The van der Waals surface area contributed by atoms with E-state index in [4.69, 9.17) is 16.3 Å². The molecule has 3 rings (SSSR count). The predicted octanol–water partition coefficient (Wildman–Crippen LogP) is 5.60. The van der Waals surface area contributed by atoms with Crippen molar-refractivity contribution in [1.82, 2.24) is 15.1 Å². The van der Waals surface area contributed by atoms with Crippen LogP contribution < -0.4 is 31.3 Å². The molecule has 0 aromatic heterocycles. The lowest BCUT2D eigenvalue weighted by Crippen LogP contribution is -2.66. The highest BCUT2D eigenvalue weighted by Crippen LogP contribution is 2.38. The molecule has 1 heterocycles. The first-order valence-electron chi connectivity index (χ1n) is 15.5. The van der Waals surface area contributed by atoms with E-state index in [1.54, 1.807) is 20.4 Å². The SMILES string of the molecule is C=CC(=O)Nc1cc(NC2NCC(Cl)C(Nc3ccccc3P(C)(C)=O)N2CCCCC)c(OC)cc1C#CCN(C)C(C)C. The average Bonchev–Trinajstić information content (AvgIpc) is 3.00. The molecule has 0 saturated carbocycles. The topological polar surface area (TPSA) is 98.0 Å². The summed E-state index contributed by atoms with van der Waals surface area (Å²) in [6.45, 7) is 15.4. The molecule has 0 aliphatic carbocycles. The molecule has 1 fully saturated rings. The molecule has 246 valence electrons. The van der Waals surface area contributed by atoms with Crippen molar-refractivity contribution in [3.8, 4) is 17.6 Å². The fourth-order valence-corrected chi connectivity index (χ4v) is 6.47. The molecule has 1 amide bonds. The summed E-state index contributed by atoms with van der Waals surface area (Å²) in [5.41, 5.74) is 2.69. The van der Waals surface area contributed by atoms with Gasteiger partial charge in [-0.1, -0.05) is 50.3 Å². The molecular weight excluding hydrogens is 607 g/mol. The maximum absolute atomic E-state index is 13.1. The van der Waals surface area contributed by atoms with Gasteiger partial charge >= 0.3 is 0 Å². The minimum Gasteiger partial charge on any atom is -0.495 e. The summed E-state index contributed by atoms with van der Waals surface area (Å²) >= 11 is 6.98. The zero-order chi connectivity index (χ0) is 33.1. The number of hydrogen-bond acceptors (Lipinski definition) is 8. The summed E-state index contributed by atoms with van der Waals surface area (Å²) < 4.78 is 19.0. The summed E-state index contributed by atoms with van der Waals surface area (Å²) in [5, 5.41) is 14.2. The number of anilines is 3. The summed E-state index contributed by atoms with van der Waals surface area (Å²) in [6.07, 6.45) is 3.76. The largest absolute Gasteiger partial charge is 0.495 e. The van der Waals surface area contributed by atoms with Crippen LogP contribution in [0.25, 0.3) is 0 Å². The van der Waals surface area contributed by atoms with Crippen LogP contribution in [0.5, 0.6) is 5.75 Å². The van der Waals surface area contributed by atoms with E-state index < -0.39 is 7.14 Å². The molecule has 9 nitrogen and oxygen atoms in total. The maximum atomic E-state index is 13.1. The van der Waals surface area contributed by atoms with Gasteiger partial charge in [0.05, 0.1) is 42.1 Å². The van der Waals surface area contributed by atoms with E-state index in [-0.39, 0.29) is 23.7 Å². The predicted molar refractivity (Wildman–Crippen MR) is 191 cm³/mol. The minimum absolute atomic E-state index is 0.260. The van der Waals surface area contributed by atoms with Crippen LogP contribution in [0, 0.1) is 11.8 Å². The lowest BCUT2D eigenvalue weighted by molar-refractivity contribution is -0.111. The van der Waals surface area contributed by atoms with Gasteiger partial charge in [0.15, 0.2) is 0 Å². The van der Waals surface area contributed by atoms with E-state index in [0.29, 0.717) is 41.8 Å². The van der Waals surface area contributed by atoms with Gasteiger partial charge < -0.3 is 25.3 Å². The molecule has 0 bridgehead atoms. The third kappa shape index (κ3) is 10.3. The summed E-state index contributed by atoms with van der Waals surface area (Å²) in [7, 11) is 1.09. The van der Waals surface area contributed by atoms with Crippen LogP contribution in [0.1, 0.15) is 45.6 Å². The smallest absolute Gasteiger partial charge is 0.247 e. The van der Waals surface area contributed by atoms with E-state index in [1.165, 1.54) is 6.08 Å². The lowest BCUT2D eigenvalue weighted by Gasteiger charge is -2.46. The van der Waals surface area contributed by atoms with Crippen molar-refractivity contribution in [2.24, 2.45) is 0 Å². The fraction of sp³-hybridized carbons (Fsp3) is 0.500. The number of alkyl halides is 1. The molecule has 45 heavy (non-hydrogen) atoms. The van der Waals surface area contributed by atoms with E-state index in [1.807, 2.05) is 43.4 Å². The highest BCUT2D eigenvalue weighted by atomic mass is 35.5. The van der Waals surface area contributed by atoms with Crippen molar-refractivity contribution in [3.63, 3.8) is 0 Å². The normalized spacial score (nSPS) is 18.7. The highest BCUT2D eigenvalue weighted by Gasteiger charge is 2.37. The number of halogens is 1. The van der Waals surface area contributed by atoms with Crippen LogP contribution in [0.4, 0.5) is 17.1 Å². The average molecular weight is 657 g/mol. The number of rotatable bonds is 14. The number of carbonyl (C=O) groups is 1. The Morgan fingerprint density at radius 3 is 2.60 bits per heavy atom. The van der Waals surface area contributed by atoms with Crippen molar-refractivity contribution < 1.29 is 14.1 Å². The summed E-state index contributed by atoms with van der Waals surface area (Å²) in [6, 6.07) is 11.8. The first kappa shape index (κ1) is 36.5. The van der Waals surface area contributed by atoms with Crippen molar-refractivity contribution in [1.29, 1.82) is 0 Å². The number of ether oxygens (including phenoxy) is 1. The molecule has 1 aliphatic rings. The van der Waals surface area contributed by atoms with Gasteiger partial charge in [-0.2, -0.15) is 0 Å². The molecule has 0 spiro atoms. The molecule has 4 N–H and O–H groups in total. The van der Waals surface area contributed by atoms with Crippen molar-refractivity contribution in [3.05, 3.63) is 54.6 Å². The van der Waals surface area contributed by atoms with Gasteiger partial charge in [0.25, 0.3) is 0 Å². The number of amides is 1. The third-order valence-corrected chi connectivity index (χ3v) is 9.80. The van der Waals surface area contributed by atoms with E-state index in [2.05, 4.69) is 70.3 Å². The third-order valence-electron chi connectivity index (χ3n) is 7.85. The number of para-hydroxylation sites is 1. The van der Waals surface area contributed by atoms with Crippen LogP contribution >= 0.6 is 18.7 Å². The Morgan fingerprint density at radius 1 is 1.22 bits per heavy atom. The number of unbranched alkanes of at least 4 members (excludes halogenated alkanes) is 2. The molecule has 0 radical (unpaired) electrons. The second-order valence-electron chi connectivity index (χ2n) is 12.0. The first-order chi connectivity index (χ1) is 21.4. The Hall–Kier alpha value is -2.99. The number of methoxy groups -OCH3 is 1. The van der Waals surface area contributed by atoms with Crippen molar-refractivity contribution >= 4 is 47.0 Å². The lowest BCUT2D eigenvalue weighted by atomic mass is 10.1. The number of carbonyl (C=O) groups excluding carboxylic acids is 1. The fourth-order valence-electron chi connectivity index (χ4n) is 5.01. The molecule has 1 saturated heterocycles. The molecule has 3 atom stereocenters. The Balaban J connectivity index is 2.00. The molecule has 2 aromatic carbocycles. The van der Waals surface area contributed by atoms with Gasteiger partial charge in [-0.25, -0.2) is 4.90 Å². The second kappa shape index (κ2) is 17.1. The van der Waals surface area contributed by atoms with Gasteiger partial charge in [-0.3, -0.25) is 15.0 Å². The molecule has 3 unspecified atom stereocenters. The molecule has 11 heteroatoms. The minimum atomic E-state index is -2.54. The Labute approximate surface area is 274 Å². The second-order valence-corrected chi connectivity index (χ2v) is 15.7. The first-order valence-corrected chi connectivity index (χ1v) is 18.6. The van der Waals surface area contributed by atoms with Crippen LogP contribution in [0.3, 0.4) is 0 Å².